The maximum absolute atomic E-state index is 12.1. The van der Waals surface area contributed by atoms with Gasteiger partial charge in [0.15, 0.2) is 0 Å². The lowest BCUT2D eigenvalue weighted by Gasteiger charge is -2.31. The predicted molar refractivity (Wildman–Crippen MR) is 84.6 cm³/mol. The van der Waals surface area contributed by atoms with Crippen LogP contribution in [-0.2, 0) is 20.7 Å². The first-order valence-electron chi connectivity index (χ1n) is 7.71. The number of aromatic nitrogens is 1. The normalized spacial score (nSPS) is 15.8. The molecule has 6 nitrogen and oxygen atoms in total. The molecule has 122 valence electrons. The molecule has 1 aromatic rings. The molecule has 0 spiro atoms. The van der Waals surface area contributed by atoms with Crippen LogP contribution in [0.15, 0.2) is 10.9 Å². The zero-order valence-corrected chi connectivity index (χ0v) is 13.7. The van der Waals surface area contributed by atoms with E-state index in [1.165, 1.54) is 0 Å². The molecule has 0 bridgehead atoms. The number of carbonyl (C=O) groups excluding carboxylic acids is 2. The van der Waals surface area contributed by atoms with Gasteiger partial charge in [0.1, 0.15) is 6.61 Å². The van der Waals surface area contributed by atoms with Crippen molar-refractivity contribution in [3.05, 3.63) is 16.6 Å². The van der Waals surface area contributed by atoms with E-state index in [4.69, 9.17) is 4.74 Å². The largest absolute Gasteiger partial charge is 0.372 e. The summed E-state index contributed by atoms with van der Waals surface area (Å²) in [7, 11) is 0. The van der Waals surface area contributed by atoms with Gasteiger partial charge in [0.2, 0.25) is 11.8 Å². The first kappa shape index (κ1) is 16.9. The number of thiazole rings is 1. The smallest absolute Gasteiger partial charge is 0.248 e. The summed E-state index contributed by atoms with van der Waals surface area (Å²) in [6.07, 6.45) is 2.21. The highest BCUT2D eigenvalue weighted by atomic mass is 32.1. The van der Waals surface area contributed by atoms with Crippen LogP contribution in [0.3, 0.4) is 0 Å². The van der Waals surface area contributed by atoms with Crippen molar-refractivity contribution in [2.24, 2.45) is 5.92 Å². The highest BCUT2D eigenvalue weighted by Crippen LogP contribution is 2.17. The predicted octanol–water partition coefficient (Wildman–Crippen LogP) is 1.08. The Labute approximate surface area is 134 Å². The van der Waals surface area contributed by atoms with Crippen LogP contribution in [0.2, 0.25) is 0 Å². The molecular formula is C15H23N3O3S. The van der Waals surface area contributed by atoms with E-state index in [0.717, 1.165) is 25.0 Å². The summed E-state index contributed by atoms with van der Waals surface area (Å²) in [4.78, 5) is 29.9. The monoisotopic (exact) mass is 325 g/mol. The lowest BCUT2D eigenvalue weighted by molar-refractivity contribution is -0.139. The molecule has 1 fully saturated rings. The topological polar surface area (TPSA) is 71.5 Å². The van der Waals surface area contributed by atoms with Crippen LogP contribution < -0.4 is 5.32 Å². The minimum absolute atomic E-state index is 0.00609. The molecule has 0 aliphatic carbocycles. The van der Waals surface area contributed by atoms with Crippen molar-refractivity contribution < 1.29 is 14.3 Å². The summed E-state index contributed by atoms with van der Waals surface area (Å²) in [6, 6.07) is 0. The molecular weight excluding hydrogens is 302 g/mol. The maximum Gasteiger partial charge on any atom is 0.248 e. The number of hydrogen-bond acceptors (Lipinski definition) is 5. The Bertz CT molecular complexity index is 470. The highest BCUT2D eigenvalue weighted by Gasteiger charge is 2.26. The average molecular weight is 325 g/mol. The molecule has 22 heavy (non-hydrogen) atoms. The molecule has 1 aliphatic heterocycles. The number of nitrogens with zero attached hydrogens (tertiary/aromatic N) is 2. The summed E-state index contributed by atoms with van der Waals surface area (Å²) in [5.41, 5.74) is 2.81. The van der Waals surface area contributed by atoms with Crippen LogP contribution in [0.25, 0.3) is 0 Å². The van der Waals surface area contributed by atoms with Crippen LogP contribution in [0, 0.1) is 5.92 Å². The number of amides is 2. The van der Waals surface area contributed by atoms with E-state index in [9.17, 15) is 9.59 Å². The van der Waals surface area contributed by atoms with Crippen molar-refractivity contribution >= 4 is 23.2 Å². The second-order valence-corrected chi connectivity index (χ2v) is 6.03. The van der Waals surface area contributed by atoms with Gasteiger partial charge in [-0.2, -0.15) is 0 Å². The second-order valence-electron chi connectivity index (χ2n) is 5.31. The van der Waals surface area contributed by atoms with E-state index in [1.54, 1.807) is 21.7 Å². The fourth-order valence-corrected chi connectivity index (χ4v) is 3.08. The average Bonchev–Trinajstić information content (AvgIpc) is 3.06. The molecule has 1 saturated heterocycles. The molecule has 1 N–H and O–H groups in total. The third-order valence-corrected chi connectivity index (χ3v) is 4.45. The summed E-state index contributed by atoms with van der Waals surface area (Å²) in [5.74, 6) is 0.114. The van der Waals surface area contributed by atoms with E-state index in [1.807, 2.05) is 12.3 Å². The Morgan fingerprint density at radius 1 is 1.45 bits per heavy atom. The van der Waals surface area contributed by atoms with Crippen molar-refractivity contribution in [1.29, 1.82) is 0 Å². The van der Waals surface area contributed by atoms with Crippen LogP contribution in [0.1, 0.15) is 25.5 Å². The van der Waals surface area contributed by atoms with Crippen molar-refractivity contribution in [2.45, 2.75) is 26.2 Å². The molecule has 1 aromatic heterocycles. The number of likely N-dealkylation sites (tertiary alicyclic amines) is 1. The quantitative estimate of drug-likeness (QED) is 0.814. The molecule has 1 aliphatic rings. The van der Waals surface area contributed by atoms with E-state index in [0.29, 0.717) is 26.2 Å². The zero-order valence-electron chi connectivity index (χ0n) is 12.9. The van der Waals surface area contributed by atoms with Crippen LogP contribution in [-0.4, -0.2) is 54.5 Å². The van der Waals surface area contributed by atoms with Gasteiger partial charge in [-0.1, -0.05) is 0 Å². The summed E-state index contributed by atoms with van der Waals surface area (Å²) in [6.45, 7) is 4.44. The highest BCUT2D eigenvalue weighted by molar-refractivity contribution is 7.07. The van der Waals surface area contributed by atoms with Crippen molar-refractivity contribution in [1.82, 2.24) is 15.2 Å². The van der Waals surface area contributed by atoms with Crippen LogP contribution in [0.5, 0.6) is 0 Å². The minimum Gasteiger partial charge on any atom is -0.372 e. The van der Waals surface area contributed by atoms with E-state index in [-0.39, 0.29) is 24.3 Å². The van der Waals surface area contributed by atoms with Gasteiger partial charge in [0.25, 0.3) is 0 Å². The third-order valence-electron chi connectivity index (χ3n) is 3.81. The molecule has 2 heterocycles. The van der Waals surface area contributed by atoms with Crippen LogP contribution >= 0.6 is 11.3 Å². The molecule has 0 unspecified atom stereocenters. The number of rotatable bonds is 7. The molecule has 0 saturated carbocycles. The number of ether oxygens (including phenoxy) is 1. The summed E-state index contributed by atoms with van der Waals surface area (Å²) >= 11 is 1.56. The fraction of sp³-hybridized carbons (Fsp3) is 0.667. The fourth-order valence-electron chi connectivity index (χ4n) is 2.49. The van der Waals surface area contributed by atoms with Crippen molar-refractivity contribution in [3.63, 3.8) is 0 Å². The van der Waals surface area contributed by atoms with Gasteiger partial charge in [0, 0.05) is 44.0 Å². The van der Waals surface area contributed by atoms with Gasteiger partial charge in [0.05, 0.1) is 11.2 Å². The SMILES string of the molecule is CCOCC(=O)N1CCC(C(=O)NCCc2cscn2)CC1. The van der Waals surface area contributed by atoms with E-state index >= 15 is 0 Å². The summed E-state index contributed by atoms with van der Waals surface area (Å²) in [5, 5.41) is 4.96. The Kier molecular flexibility index (Phi) is 6.79. The lowest BCUT2D eigenvalue weighted by atomic mass is 9.96. The summed E-state index contributed by atoms with van der Waals surface area (Å²) < 4.78 is 5.14. The second kappa shape index (κ2) is 8.85. The standard InChI is InChI=1S/C15H23N3O3S/c1-2-21-9-14(19)18-7-4-12(5-8-18)15(20)16-6-3-13-10-22-11-17-13/h10-12H,2-9H2,1H3,(H,16,20). The molecule has 7 heteroatoms. The molecule has 0 atom stereocenters. The number of carbonyl (C=O) groups is 2. The van der Waals surface area contributed by atoms with E-state index < -0.39 is 0 Å². The lowest BCUT2D eigenvalue weighted by Crippen LogP contribution is -2.44. The van der Waals surface area contributed by atoms with Gasteiger partial charge in [-0.3, -0.25) is 9.59 Å². The Hall–Kier alpha value is -1.47. The first-order chi connectivity index (χ1) is 10.7. The Morgan fingerprint density at radius 2 is 2.23 bits per heavy atom. The van der Waals surface area contributed by atoms with Gasteiger partial charge in [-0.25, -0.2) is 4.98 Å². The van der Waals surface area contributed by atoms with Gasteiger partial charge in [-0.05, 0) is 19.8 Å². The minimum atomic E-state index is 0.00609. The molecule has 2 rings (SSSR count). The molecule has 2 amide bonds. The van der Waals surface area contributed by atoms with Gasteiger partial charge >= 0.3 is 0 Å². The van der Waals surface area contributed by atoms with Crippen molar-refractivity contribution in [2.75, 3.05) is 32.8 Å². The van der Waals surface area contributed by atoms with Crippen LogP contribution in [0.4, 0.5) is 0 Å². The maximum atomic E-state index is 12.1. The number of nitrogens with one attached hydrogen (secondary N) is 1. The Morgan fingerprint density at radius 3 is 2.86 bits per heavy atom. The van der Waals surface area contributed by atoms with Gasteiger partial charge < -0.3 is 15.0 Å². The number of hydrogen-bond donors (Lipinski definition) is 1. The van der Waals surface area contributed by atoms with Crippen molar-refractivity contribution in [3.8, 4) is 0 Å². The zero-order chi connectivity index (χ0) is 15.8. The van der Waals surface area contributed by atoms with E-state index in [2.05, 4.69) is 10.3 Å². The molecule has 0 radical (unpaired) electrons. The first-order valence-corrected chi connectivity index (χ1v) is 8.65. The van der Waals surface area contributed by atoms with Gasteiger partial charge in [-0.15, -0.1) is 11.3 Å². The number of piperidine rings is 1. The molecule has 0 aromatic carbocycles. The third kappa shape index (κ3) is 5.06. The Balaban J connectivity index is 1.65.